The maximum Gasteiger partial charge on any atom is 0.209 e. The molecule has 0 fully saturated rings. The molecule has 1 N–H and O–H groups in total. The molecule has 0 aliphatic rings. The highest BCUT2D eigenvalue weighted by molar-refractivity contribution is 6.11. The second-order valence-electron chi connectivity index (χ2n) is 5.08. The molecule has 4 aromatic rings. The number of para-hydroxylation sites is 1. The van der Waals surface area contributed by atoms with Crippen LogP contribution < -0.4 is 0 Å². The maximum atomic E-state index is 12.7. The first-order valence-electron chi connectivity index (χ1n) is 7.20. The van der Waals surface area contributed by atoms with Crippen LogP contribution in [0.5, 0.6) is 0 Å². The number of benzene rings is 2. The lowest BCUT2D eigenvalue weighted by Crippen LogP contribution is -2.05. The van der Waals surface area contributed by atoms with E-state index in [1.165, 1.54) is 0 Å². The molecular weight excluding hydrogens is 288 g/mol. The third kappa shape index (κ3) is 2.38. The van der Waals surface area contributed by atoms with Gasteiger partial charge in [0.05, 0.1) is 11.2 Å². The summed E-state index contributed by atoms with van der Waals surface area (Å²) in [5, 5.41) is 8.37. The van der Waals surface area contributed by atoms with E-state index in [2.05, 4.69) is 20.2 Å². The molecule has 2 heterocycles. The summed E-state index contributed by atoms with van der Waals surface area (Å²) in [6, 6.07) is 18.4. The fraction of sp³-hybridized carbons (Fsp3) is 0. The number of H-pyrrole nitrogens is 1. The van der Waals surface area contributed by atoms with Crippen molar-refractivity contribution in [3.8, 4) is 11.4 Å². The molecule has 0 bridgehead atoms. The molecule has 5 nitrogen and oxygen atoms in total. The number of aromatic amines is 1. The van der Waals surface area contributed by atoms with Crippen molar-refractivity contribution in [3.05, 3.63) is 78.1 Å². The zero-order chi connectivity index (χ0) is 15.6. The molecule has 0 amide bonds. The van der Waals surface area contributed by atoms with Crippen molar-refractivity contribution < 1.29 is 4.79 Å². The largest absolute Gasteiger partial charge is 0.359 e. The lowest BCUT2D eigenvalue weighted by molar-refractivity contribution is 0.103. The van der Waals surface area contributed by atoms with Gasteiger partial charge in [-0.05, 0) is 24.3 Å². The average Bonchev–Trinajstić information content (AvgIpc) is 3.15. The van der Waals surface area contributed by atoms with Crippen molar-refractivity contribution in [2.75, 3.05) is 0 Å². The summed E-state index contributed by atoms with van der Waals surface area (Å²) in [5.74, 6) is 0.349. The minimum absolute atomic E-state index is 0.0950. The standard InChI is InChI=1S/C18H12N4O/c23-17(16-10-5-11-19-16)12-6-1-2-7-13(12)18-20-14-8-3-4-9-15(14)21-22-18/h1-11,19H. The highest BCUT2D eigenvalue weighted by Gasteiger charge is 2.17. The van der Waals surface area contributed by atoms with Crippen molar-refractivity contribution in [1.82, 2.24) is 20.2 Å². The molecule has 2 aromatic carbocycles. The highest BCUT2D eigenvalue weighted by Crippen LogP contribution is 2.23. The third-order valence-electron chi connectivity index (χ3n) is 3.62. The van der Waals surface area contributed by atoms with Gasteiger partial charge >= 0.3 is 0 Å². The van der Waals surface area contributed by atoms with E-state index in [9.17, 15) is 4.79 Å². The molecule has 0 atom stereocenters. The minimum atomic E-state index is -0.0950. The molecule has 2 aromatic heterocycles. The van der Waals surface area contributed by atoms with E-state index in [0.717, 1.165) is 11.0 Å². The smallest absolute Gasteiger partial charge is 0.209 e. The van der Waals surface area contributed by atoms with Gasteiger partial charge < -0.3 is 4.98 Å². The van der Waals surface area contributed by atoms with Gasteiger partial charge in [0.1, 0.15) is 5.52 Å². The second-order valence-corrected chi connectivity index (χ2v) is 5.08. The van der Waals surface area contributed by atoms with Gasteiger partial charge in [0.15, 0.2) is 5.82 Å². The van der Waals surface area contributed by atoms with Crippen molar-refractivity contribution in [3.63, 3.8) is 0 Å². The lowest BCUT2D eigenvalue weighted by atomic mass is 10.0. The fourth-order valence-electron chi connectivity index (χ4n) is 2.49. The summed E-state index contributed by atoms with van der Waals surface area (Å²) in [6.45, 7) is 0. The Labute approximate surface area is 132 Å². The molecule has 5 heteroatoms. The third-order valence-corrected chi connectivity index (χ3v) is 3.62. The Hall–Kier alpha value is -3.34. The highest BCUT2D eigenvalue weighted by atomic mass is 16.1. The number of carbonyl (C=O) groups excluding carboxylic acids is 1. The quantitative estimate of drug-likeness (QED) is 0.589. The van der Waals surface area contributed by atoms with Crippen molar-refractivity contribution >= 4 is 16.8 Å². The van der Waals surface area contributed by atoms with Gasteiger partial charge in [-0.3, -0.25) is 4.79 Å². The molecule has 0 saturated carbocycles. The Kier molecular flexibility index (Phi) is 3.16. The van der Waals surface area contributed by atoms with E-state index in [-0.39, 0.29) is 5.78 Å². The molecule has 23 heavy (non-hydrogen) atoms. The van der Waals surface area contributed by atoms with Crippen LogP contribution in [0, 0.1) is 0 Å². The molecule has 0 radical (unpaired) electrons. The van der Waals surface area contributed by atoms with Crippen LogP contribution >= 0.6 is 0 Å². The number of hydrogen-bond acceptors (Lipinski definition) is 4. The Balaban J connectivity index is 1.86. The Bertz CT molecular complexity index is 993. The van der Waals surface area contributed by atoms with Crippen LogP contribution in [0.2, 0.25) is 0 Å². The van der Waals surface area contributed by atoms with E-state index in [4.69, 9.17) is 0 Å². The van der Waals surface area contributed by atoms with Gasteiger partial charge in [-0.2, -0.15) is 0 Å². The molecule has 0 unspecified atom stereocenters. The Morgan fingerprint density at radius 2 is 1.61 bits per heavy atom. The average molecular weight is 300 g/mol. The van der Waals surface area contributed by atoms with E-state index < -0.39 is 0 Å². The molecule has 4 rings (SSSR count). The topological polar surface area (TPSA) is 71.5 Å². The molecule has 110 valence electrons. The first-order chi connectivity index (χ1) is 11.3. The summed E-state index contributed by atoms with van der Waals surface area (Å²) in [7, 11) is 0. The predicted molar refractivity (Wildman–Crippen MR) is 87.0 cm³/mol. The number of aromatic nitrogens is 4. The first-order valence-corrected chi connectivity index (χ1v) is 7.20. The number of nitrogens with zero attached hydrogens (tertiary/aromatic N) is 3. The molecule has 0 aliphatic heterocycles. The van der Waals surface area contributed by atoms with Gasteiger partial charge in [-0.1, -0.05) is 36.4 Å². The predicted octanol–water partition coefficient (Wildman–Crippen LogP) is 3.25. The van der Waals surface area contributed by atoms with Gasteiger partial charge in [0, 0.05) is 17.3 Å². The van der Waals surface area contributed by atoms with E-state index in [1.807, 2.05) is 42.5 Å². The number of ketones is 1. The van der Waals surface area contributed by atoms with Crippen molar-refractivity contribution in [2.45, 2.75) is 0 Å². The van der Waals surface area contributed by atoms with E-state index >= 15 is 0 Å². The van der Waals surface area contributed by atoms with Gasteiger partial charge in [0.25, 0.3) is 0 Å². The summed E-state index contributed by atoms with van der Waals surface area (Å²) in [6.07, 6.45) is 1.73. The maximum absolute atomic E-state index is 12.7. The fourth-order valence-corrected chi connectivity index (χ4v) is 2.49. The lowest BCUT2D eigenvalue weighted by Gasteiger charge is -2.07. The number of nitrogens with one attached hydrogen (secondary N) is 1. The number of fused-ring (bicyclic) bond motifs is 1. The zero-order valence-corrected chi connectivity index (χ0v) is 12.1. The van der Waals surface area contributed by atoms with Gasteiger partial charge in [0.2, 0.25) is 5.78 Å². The first kappa shape index (κ1) is 13.3. The van der Waals surface area contributed by atoms with Crippen LogP contribution in [0.3, 0.4) is 0 Å². The van der Waals surface area contributed by atoms with Crippen LogP contribution in [0.4, 0.5) is 0 Å². The molecule has 0 saturated heterocycles. The van der Waals surface area contributed by atoms with Crippen LogP contribution in [-0.4, -0.2) is 25.9 Å². The summed E-state index contributed by atoms with van der Waals surface area (Å²) in [5.41, 5.74) is 3.23. The van der Waals surface area contributed by atoms with Crippen LogP contribution in [0.1, 0.15) is 16.1 Å². The second kappa shape index (κ2) is 5.46. The van der Waals surface area contributed by atoms with Crippen molar-refractivity contribution in [2.24, 2.45) is 0 Å². The summed E-state index contributed by atoms with van der Waals surface area (Å²) < 4.78 is 0. The van der Waals surface area contributed by atoms with Crippen molar-refractivity contribution in [1.29, 1.82) is 0 Å². The molecular formula is C18H12N4O. The molecule has 0 aliphatic carbocycles. The zero-order valence-electron chi connectivity index (χ0n) is 12.1. The number of rotatable bonds is 3. The molecule has 0 spiro atoms. The Morgan fingerprint density at radius 3 is 2.43 bits per heavy atom. The monoisotopic (exact) mass is 300 g/mol. The van der Waals surface area contributed by atoms with E-state index in [0.29, 0.717) is 22.6 Å². The number of hydrogen-bond donors (Lipinski definition) is 1. The summed E-state index contributed by atoms with van der Waals surface area (Å²) >= 11 is 0. The summed E-state index contributed by atoms with van der Waals surface area (Å²) in [4.78, 5) is 20.1. The van der Waals surface area contributed by atoms with Crippen LogP contribution in [0.15, 0.2) is 66.9 Å². The van der Waals surface area contributed by atoms with Crippen LogP contribution in [-0.2, 0) is 0 Å². The normalized spacial score (nSPS) is 10.8. The number of carbonyl (C=O) groups is 1. The SMILES string of the molecule is O=C(c1ccc[nH]1)c1ccccc1-c1nnc2ccccc2n1. The van der Waals surface area contributed by atoms with Gasteiger partial charge in [-0.15, -0.1) is 10.2 Å². The van der Waals surface area contributed by atoms with Crippen LogP contribution in [0.25, 0.3) is 22.4 Å². The van der Waals surface area contributed by atoms with Gasteiger partial charge in [-0.25, -0.2) is 4.98 Å². The minimum Gasteiger partial charge on any atom is -0.359 e. The Morgan fingerprint density at radius 1 is 0.826 bits per heavy atom. The van der Waals surface area contributed by atoms with E-state index in [1.54, 1.807) is 24.4 Å².